The molecule has 0 unspecified atom stereocenters. The molecule has 10 heteroatoms. The summed E-state index contributed by atoms with van der Waals surface area (Å²) in [6.45, 7) is 2.90. The molecular weight excluding hydrogens is 496 g/mol. The van der Waals surface area contributed by atoms with Crippen LogP contribution in [0.25, 0.3) is 0 Å². The first-order valence-electron chi connectivity index (χ1n) is 10.5. The fraction of sp³-hybridized carbons (Fsp3) is 0.304. The molecule has 2 aromatic carbocycles. The molecule has 0 saturated carbocycles. The minimum Gasteiger partial charge on any atom is -0.494 e. The Morgan fingerprint density at radius 1 is 1.12 bits per heavy atom. The van der Waals surface area contributed by atoms with Gasteiger partial charge in [-0.3, -0.25) is 4.79 Å². The van der Waals surface area contributed by atoms with Crippen LogP contribution in [-0.2, 0) is 10.5 Å². The van der Waals surface area contributed by atoms with Crippen molar-refractivity contribution in [1.29, 1.82) is 0 Å². The highest BCUT2D eigenvalue weighted by Gasteiger charge is 2.09. The van der Waals surface area contributed by atoms with Gasteiger partial charge in [0.15, 0.2) is 8.68 Å². The van der Waals surface area contributed by atoms with Crippen molar-refractivity contribution in [3.63, 3.8) is 0 Å². The van der Waals surface area contributed by atoms with Crippen LogP contribution >= 0.6 is 46.5 Å². The Kier molecular flexibility index (Phi) is 11.0. The highest BCUT2D eigenvalue weighted by atomic mass is 35.5. The standard InChI is InChI=1S/C23H25ClN4O2S3/c1-2-3-6-13-30-19-11-9-17(10-12-19)14-25-26-21(29)16-32-23-28-27-22(33-23)31-15-18-7-4-5-8-20(18)24/h4-5,7-12,14H,2-3,6,13,15-16H2,1H3,(H,26,29)/b25-14-. The molecule has 1 amide bonds. The van der Waals surface area contributed by atoms with Gasteiger partial charge in [-0.2, -0.15) is 5.10 Å². The Labute approximate surface area is 211 Å². The molecule has 6 nitrogen and oxygen atoms in total. The SMILES string of the molecule is CCCCCOc1ccc(/C=N\NC(=O)CSc2nnc(SCc3ccccc3Cl)s2)cc1. The normalized spacial score (nSPS) is 11.1. The van der Waals surface area contributed by atoms with Crippen LogP contribution < -0.4 is 10.2 Å². The summed E-state index contributed by atoms with van der Waals surface area (Å²) in [5, 5.41) is 13.1. The van der Waals surface area contributed by atoms with Gasteiger partial charge in [-0.1, -0.05) is 84.4 Å². The highest BCUT2D eigenvalue weighted by molar-refractivity contribution is 8.03. The van der Waals surface area contributed by atoms with Gasteiger partial charge in [0.1, 0.15) is 5.75 Å². The van der Waals surface area contributed by atoms with Gasteiger partial charge in [-0.15, -0.1) is 10.2 Å². The van der Waals surface area contributed by atoms with Crippen molar-refractivity contribution in [3.8, 4) is 5.75 Å². The lowest BCUT2D eigenvalue weighted by atomic mass is 10.2. The number of nitrogens with zero attached hydrogens (tertiary/aromatic N) is 3. The van der Waals surface area contributed by atoms with Crippen molar-refractivity contribution in [2.45, 2.75) is 40.6 Å². The van der Waals surface area contributed by atoms with E-state index in [4.69, 9.17) is 16.3 Å². The van der Waals surface area contributed by atoms with E-state index in [0.29, 0.717) is 0 Å². The number of hydrazone groups is 1. The van der Waals surface area contributed by atoms with Crippen LogP contribution in [0.3, 0.4) is 0 Å². The van der Waals surface area contributed by atoms with E-state index in [0.717, 1.165) is 49.4 Å². The number of halogens is 1. The van der Waals surface area contributed by atoms with Crippen LogP contribution in [-0.4, -0.2) is 34.7 Å². The third-order valence-corrected chi connectivity index (χ3v) is 7.93. The molecular formula is C23H25ClN4O2S3. The van der Waals surface area contributed by atoms with Crippen molar-refractivity contribution >= 4 is 58.6 Å². The quantitative estimate of drug-likeness (QED) is 0.123. The maximum atomic E-state index is 12.1. The van der Waals surface area contributed by atoms with Gasteiger partial charge < -0.3 is 4.74 Å². The summed E-state index contributed by atoms with van der Waals surface area (Å²) >= 11 is 10.6. The summed E-state index contributed by atoms with van der Waals surface area (Å²) in [6.07, 6.45) is 5.02. The van der Waals surface area contributed by atoms with Crippen molar-refractivity contribution < 1.29 is 9.53 Å². The molecule has 0 saturated heterocycles. The van der Waals surface area contributed by atoms with Crippen molar-refractivity contribution in [3.05, 3.63) is 64.7 Å². The summed E-state index contributed by atoms with van der Waals surface area (Å²) < 4.78 is 7.27. The van der Waals surface area contributed by atoms with E-state index < -0.39 is 0 Å². The maximum Gasteiger partial charge on any atom is 0.250 e. The number of ether oxygens (including phenoxy) is 1. The van der Waals surface area contributed by atoms with E-state index in [9.17, 15) is 4.79 Å². The molecule has 0 aliphatic carbocycles. The summed E-state index contributed by atoms with van der Waals surface area (Å²) in [5.74, 6) is 1.57. The second-order valence-electron chi connectivity index (χ2n) is 6.92. The second-order valence-corrected chi connectivity index (χ2v) is 10.8. The zero-order valence-corrected chi connectivity index (χ0v) is 21.4. The molecule has 3 rings (SSSR count). The van der Waals surface area contributed by atoms with Gasteiger partial charge in [-0.05, 0) is 47.9 Å². The van der Waals surface area contributed by atoms with E-state index in [1.807, 2.05) is 48.5 Å². The summed E-state index contributed by atoms with van der Waals surface area (Å²) in [7, 11) is 0. The molecule has 0 fully saturated rings. The van der Waals surface area contributed by atoms with E-state index >= 15 is 0 Å². The molecule has 0 aliphatic heterocycles. The number of nitrogens with one attached hydrogen (secondary N) is 1. The number of carbonyl (C=O) groups is 1. The molecule has 3 aromatic rings. The number of hydrogen-bond acceptors (Lipinski definition) is 8. The number of benzene rings is 2. The number of thioether (sulfide) groups is 2. The molecule has 0 bridgehead atoms. The Morgan fingerprint density at radius 2 is 1.88 bits per heavy atom. The zero-order chi connectivity index (χ0) is 23.3. The fourth-order valence-electron chi connectivity index (χ4n) is 2.60. The van der Waals surface area contributed by atoms with Crippen LogP contribution in [0.4, 0.5) is 0 Å². The number of unbranched alkanes of at least 4 members (excludes halogenated alkanes) is 2. The Balaban J connectivity index is 1.35. The Hall–Kier alpha value is -2.07. The molecule has 0 atom stereocenters. The van der Waals surface area contributed by atoms with Crippen molar-refractivity contribution in [1.82, 2.24) is 15.6 Å². The smallest absolute Gasteiger partial charge is 0.250 e. The third kappa shape index (κ3) is 9.37. The number of aromatic nitrogens is 2. The predicted molar refractivity (Wildman–Crippen MR) is 139 cm³/mol. The molecule has 0 radical (unpaired) electrons. The van der Waals surface area contributed by atoms with Gasteiger partial charge in [0.25, 0.3) is 5.91 Å². The van der Waals surface area contributed by atoms with Crippen LogP contribution in [0.1, 0.15) is 37.3 Å². The number of carbonyl (C=O) groups excluding carboxylic acids is 1. The minimum atomic E-state index is -0.201. The van der Waals surface area contributed by atoms with Gasteiger partial charge in [0, 0.05) is 10.8 Å². The molecule has 174 valence electrons. The monoisotopic (exact) mass is 520 g/mol. The van der Waals surface area contributed by atoms with E-state index in [1.165, 1.54) is 35.9 Å². The first-order valence-corrected chi connectivity index (χ1v) is 13.7. The van der Waals surface area contributed by atoms with Crippen LogP contribution in [0.2, 0.25) is 5.02 Å². The Bertz CT molecular complexity index is 1040. The summed E-state index contributed by atoms with van der Waals surface area (Å²) in [5.41, 5.74) is 4.48. The number of hydrogen-bond donors (Lipinski definition) is 1. The second kappa shape index (κ2) is 14.2. The maximum absolute atomic E-state index is 12.1. The minimum absolute atomic E-state index is 0.201. The van der Waals surface area contributed by atoms with Crippen LogP contribution in [0.15, 0.2) is 62.3 Å². The summed E-state index contributed by atoms with van der Waals surface area (Å²) in [4.78, 5) is 12.1. The third-order valence-electron chi connectivity index (χ3n) is 4.32. The van der Waals surface area contributed by atoms with Crippen LogP contribution in [0, 0.1) is 0 Å². The summed E-state index contributed by atoms with van der Waals surface area (Å²) in [6, 6.07) is 15.4. The predicted octanol–water partition coefficient (Wildman–Crippen LogP) is 6.30. The first-order chi connectivity index (χ1) is 16.1. The molecule has 0 aliphatic rings. The zero-order valence-electron chi connectivity index (χ0n) is 18.2. The molecule has 33 heavy (non-hydrogen) atoms. The van der Waals surface area contributed by atoms with E-state index in [1.54, 1.807) is 18.0 Å². The van der Waals surface area contributed by atoms with Gasteiger partial charge in [0.2, 0.25) is 0 Å². The van der Waals surface area contributed by atoms with Gasteiger partial charge in [0.05, 0.1) is 18.6 Å². The van der Waals surface area contributed by atoms with Gasteiger partial charge in [-0.25, -0.2) is 5.43 Å². The topological polar surface area (TPSA) is 76.5 Å². The van der Waals surface area contributed by atoms with Crippen molar-refractivity contribution in [2.24, 2.45) is 5.10 Å². The van der Waals surface area contributed by atoms with E-state index in [-0.39, 0.29) is 11.7 Å². The average molecular weight is 521 g/mol. The largest absolute Gasteiger partial charge is 0.494 e. The lowest BCUT2D eigenvalue weighted by molar-refractivity contribution is -0.118. The number of rotatable bonds is 13. The molecule has 1 N–H and O–H groups in total. The number of amides is 1. The Morgan fingerprint density at radius 3 is 2.64 bits per heavy atom. The lowest BCUT2D eigenvalue weighted by Gasteiger charge is -2.05. The molecule has 0 spiro atoms. The molecule has 1 aromatic heterocycles. The average Bonchev–Trinajstić information content (AvgIpc) is 3.29. The fourth-order valence-corrected chi connectivity index (χ4v) is 5.70. The highest BCUT2D eigenvalue weighted by Crippen LogP contribution is 2.32. The first kappa shape index (κ1) is 25.6. The van der Waals surface area contributed by atoms with Gasteiger partial charge >= 0.3 is 0 Å². The van der Waals surface area contributed by atoms with E-state index in [2.05, 4.69) is 27.6 Å². The lowest BCUT2D eigenvalue weighted by Crippen LogP contribution is -2.19. The molecule has 1 heterocycles. The van der Waals surface area contributed by atoms with Crippen molar-refractivity contribution in [2.75, 3.05) is 12.4 Å². The van der Waals surface area contributed by atoms with Crippen LogP contribution in [0.5, 0.6) is 5.75 Å².